The van der Waals surface area contributed by atoms with E-state index in [-0.39, 0.29) is 29.4 Å². The molecule has 2 N–H and O–H groups in total. The van der Waals surface area contributed by atoms with Crippen molar-refractivity contribution in [1.82, 2.24) is 20.0 Å². The zero-order valence-electron chi connectivity index (χ0n) is 15.2. The van der Waals surface area contributed by atoms with Crippen LogP contribution in [-0.2, 0) is 6.54 Å². The van der Waals surface area contributed by atoms with E-state index in [0.717, 1.165) is 12.0 Å². The average Bonchev–Trinajstić information content (AvgIpc) is 3.07. The van der Waals surface area contributed by atoms with E-state index in [0.29, 0.717) is 17.1 Å². The van der Waals surface area contributed by atoms with Crippen LogP contribution in [0.2, 0.25) is 5.02 Å². The van der Waals surface area contributed by atoms with E-state index < -0.39 is 0 Å². The first kappa shape index (κ1) is 18.9. The fourth-order valence-corrected chi connectivity index (χ4v) is 2.75. The first-order chi connectivity index (χ1) is 13.0. The van der Waals surface area contributed by atoms with Gasteiger partial charge in [-0.15, -0.1) is 0 Å². The SMILES string of the molecule is CCC(C)NC(=O)c1nc(C(=O)NCc2ccc(Cl)cc2)c2ccccn12. The van der Waals surface area contributed by atoms with Crippen LogP contribution < -0.4 is 10.6 Å². The van der Waals surface area contributed by atoms with Crippen LogP contribution in [0.3, 0.4) is 0 Å². The molecule has 7 heteroatoms. The third-order valence-corrected chi connectivity index (χ3v) is 4.57. The molecule has 1 atom stereocenters. The van der Waals surface area contributed by atoms with Gasteiger partial charge in [0.25, 0.3) is 11.8 Å². The molecule has 3 aromatic rings. The molecular weight excluding hydrogens is 364 g/mol. The first-order valence-electron chi connectivity index (χ1n) is 8.80. The Morgan fingerprint density at radius 1 is 1.15 bits per heavy atom. The molecule has 0 aliphatic rings. The maximum absolute atomic E-state index is 12.7. The van der Waals surface area contributed by atoms with E-state index >= 15 is 0 Å². The van der Waals surface area contributed by atoms with Crippen LogP contribution in [0.4, 0.5) is 0 Å². The number of hydrogen-bond donors (Lipinski definition) is 2. The van der Waals surface area contributed by atoms with Crippen LogP contribution in [-0.4, -0.2) is 27.2 Å². The Bertz CT molecular complexity index is 966. The number of nitrogens with one attached hydrogen (secondary N) is 2. The summed E-state index contributed by atoms with van der Waals surface area (Å²) in [6.45, 7) is 4.26. The van der Waals surface area contributed by atoms with E-state index in [4.69, 9.17) is 11.6 Å². The Balaban J connectivity index is 1.84. The van der Waals surface area contributed by atoms with Gasteiger partial charge < -0.3 is 10.6 Å². The van der Waals surface area contributed by atoms with Gasteiger partial charge in [0.2, 0.25) is 5.82 Å². The van der Waals surface area contributed by atoms with Gasteiger partial charge in [-0.1, -0.05) is 36.7 Å². The molecule has 2 amide bonds. The number of pyridine rings is 1. The normalized spacial score (nSPS) is 12.0. The zero-order valence-corrected chi connectivity index (χ0v) is 16.0. The Kier molecular flexibility index (Phi) is 5.76. The molecule has 0 fully saturated rings. The van der Waals surface area contributed by atoms with Crippen molar-refractivity contribution in [3.05, 3.63) is 70.8 Å². The van der Waals surface area contributed by atoms with Crippen molar-refractivity contribution < 1.29 is 9.59 Å². The number of fused-ring (bicyclic) bond motifs is 1. The molecule has 0 bridgehead atoms. The van der Waals surface area contributed by atoms with Crippen LogP contribution in [0, 0.1) is 0 Å². The molecule has 0 aliphatic carbocycles. The summed E-state index contributed by atoms with van der Waals surface area (Å²) in [5.41, 5.74) is 1.73. The van der Waals surface area contributed by atoms with Crippen LogP contribution in [0.5, 0.6) is 0 Å². The molecule has 1 unspecified atom stereocenters. The van der Waals surface area contributed by atoms with E-state index in [1.54, 1.807) is 34.9 Å². The van der Waals surface area contributed by atoms with Crippen LogP contribution in [0.1, 0.15) is 46.9 Å². The highest BCUT2D eigenvalue weighted by Gasteiger charge is 2.21. The van der Waals surface area contributed by atoms with Crippen molar-refractivity contribution in [2.24, 2.45) is 0 Å². The largest absolute Gasteiger partial charge is 0.347 e. The molecule has 0 spiro atoms. The summed E-state index contributed by atoms with van der Waals surface area (Å²) in [6, 6.07) is 12.6. The number of rotatable bonds is 6. The second kappa shape index (κ2) is 8.22. The summed E-state index contributed by atoms with van der Waals surface area (Å²) >= 11 is 5.88. The topological polar surface area (TPSA) is 75.5 Å². The molecule has 0 aliphatic heterocycles. The number of nitrogens with zero attached hydrogens (tertiary/aromatic N) is 2. The predicted octanol–water partition coefficient (Wildman–Crippen LogP) is 3.45. The van der Waals surface area contributed by atoms with E-state index in [1.807, 2.05) is 32.0 Å². The minimum absolute atomic E-state index is 0.0238. The number of imidazole rings is 1. The smallest absolute Gasteiger partial charge is 0.287 e. The van der Waals surface area contributed by atoms with Gasteiger partial charge in [0.1, 0.15) is 0 Å². The minimum Gasteiger partial charge on any atom is -0.347 e. The van der Waals surface area contributed by atoms with Crippen LogP contribution in [0.15, 0.2) is 48.7 Å². The molecule has 1 aromatic carbocycles. The zero-order chi connectivity index (χ0) is 19.4. The maximum atomic E-state index is 12.7. The molecule has 2 aromatic heterocycles. The fraction of sp³-hybridized carbons (Fsp3) is 0.250. The number of halogens is 1. The predicted molar refractivity (Wildman–Crippen MR) is 105 cm³/mol. The van der Waals surface area contributed by atoms with Gasteiger partial charge >= 0.3 is 0 Å². The van der Waals surface area contributed by atoms with Gasteiger partial charge in [-0.25, -0.2) is 4.98 Å². The minimum atomic E-state index is -0.337. The summed E-state index contributed by atoms with van der Waals surface area (Å²) in [5.74, 6) is -0.443. The lowest BCUT2D eigenvalue weighted by atomic mass is 10.2. The highest BCUT2D eigenvalue weighted by Crippen LogP contribution is 2.14. The molecule has 6 nitrogen and oxygen atoms in total. The van der Waals surface area contributed by atoms with Crippen molar-refractivity contribution in [3.63, 3.8) is 0 Å². The van der Waals surface area contributed by atoms with Crippen LogP contribution in [0.25, 0.3) is 5.52 Å². The van der Waals surface area contributed by atoms with Crippen molar-refractivity contribution in [2.45, 2.75) is 32.9 Å². The Labute approximate surface area is 162 Å². The monoisotopic (exact) mass is 384 g/mol. The van der Waals surface area contributed by atoms with E-state index in [2.05, 4.69) is 15.6 Å². The summed E-state index contributed by atoms with van der Waals surface area (Å²) < 4.78 is 1.63. The lowest BCUT2D eigenvalue weighted by Gasteiger charge is -2.10. The molecule has 140 valence electrons. The van der Waals surface area contributed by atoms with Gasteiger partial charge in [-0.2, -0.15) is 0 Å². The third kappa shape index (κ3) is 4.28. The molecular formula is C20H21ClN4O2. The molecule has 0 radical (unpaired) electrons. The summed E-state index contributed by atoms with van der Waals surface area (Å²) in [6.07, 6.45) is 2.54. The highest BCUT2D eigenvalue weighted by atomic mass is 35.5. The summed E-state index contributed by atoms with van der Waals surface area (Å²) in [7, 11) is 0. The number of hydrogen-bond acceptors (Lipinski definition) is 3. The quantitative estimate of drug-likeness (QED) is 0.683. The molecule has 2 heterocycles. The summed E-state index contributed by atoms with van der Waals surface area (Å²) in [5, 5.41) is 6.37. The Hall–Kier alpha value is -2.86. The number of amides is 2. The molecule has 27 heavy (non-hydrogen) atoms. The second-order valence-electron chi connectivity index (χ2n) is 6.33. The number of aromatic nitrogens is 2. The Morgan fingerprint density at radius 2 is 1.89 bits per heavy atom. The van der Waals surface area contributed by atoms with E-state index in [9.17, 15) is 9.59 Å². The average molecular weight is 385 g/mol. The third-order valence-electron chi connectivity index (χ3n) is 4.32. The fourth-order valence-electron chi connectivity index (χ4n) is 2.62. The second-order valence-corrected chi connectivity index (χ2v) is 6.77. The van der Waals surface area contributed by atoms with Gasteiger partial charge in [0.05, 0.1) is 5.52 Å². The lowest BCUT2D eigenvalue weighted by Crippen LogP contribution is -2.33. The van der Waals surface area contributed by atoms with Crippen LogP contribution >= 0.6 is 11.6 Å². The maximum Gasteiger partial charge on any atom is 0.287 e. The van der Waals surface area contributed by atoms with Crippen molar-refractivity contribution in [1.29, 1.82) is 0 Å². The Morgan fingerprint density at radius 3 is 2.59 bits per heavy atom. The lowest BCUT2D eigenvalue weighted by molar-refractivity contribution is 0.0928. The molecule has 0 saturated carbocycles. The van der Waals surface area contributed by atoms with Gasteiger partial charge in [0, 0.05) is 23.8 Å². The van der Waals surface area contributed by atoms with Crippen molar-refractivity contribution in [3.8, 4) is 0 Å². The summed E-state index contributed by atoms with van der Waals surface area (Å²) in [4.78, 5) is 29.5. The number of benzene rings is 1. The standard InChI is InChI=1S/C20H21ClN4O2/c1-3-13(2)23-20(27)18-24-17(16-6-4-5-11-25(16)18)19(26)22-12-14-7-9-15(21)10-8-14/h4-11,13H,3,12H2,1-2H3,(H,22,26)(H,23,27). The van der Waals surface area contributed by atoms with Gasteiger partial charge in [0.15, 0.2) is 5.69 Å². The van der Waals surface area contributed by atoms with E-state index in [1.165, 1.54) is 0 Å². The van der Waals surface area contributed by atoms with Gasteiger partial charge in [-0.3, -0.25) is 14.0 Å². The number of carbonyl (C=O) groups excluding carboxylic acids is 2. The molecule has 3 rings (SSSR count). The first-order valence-corrected chi connectivity index (χ1v) is 9.18. The highest BCUT2D eigenvalue weighted by molar-refractivity contribution is 6.30. The van der Waals surface area contributed by atoms with Crippen molar-refractivity contribution in [2.75, 3.05) is 0 Å². The van der Waals surface area contributed by atoms with Crippen molar-refractivity contribution >= 4 is 28.9 Å². The number of carbonyl (C=O) groups is 2. The molecule has 0 saturated heterocycles. The van der Waals surface area contributed by atoms with Gasteiger partial charge in [-0.05, 0) is 43.2 Å².